The highest BCUT2D eigenvalue weighted by atomic mass is 35.5. The third-order valence-electron chi connectivity index (χ3n) is 4.16. The van der Waals surface area contributed by atoms with Gasteiger partial charge in [-0.1, -0.05) is 12.1 Å². The maximum absolute atomic E-state index is 5.80. The smallest absolute Gasteiger partial charge is 0.151 e. The average Bonchev–Trinajstić information content (AvgIpc) is 3.32. The lowest BCUT2D eigenvalue weighted by molar-refractivity contribution is 0.0185. The Labute approximate surface area is 174 Å². The van der Waals surface area contributed by atoms with Gasteiger partial charge in [0.1, 0.15) is 10.8 Å². The van der Waals surface area contributed by atoms with Crippen LogP contribution in [-0.4, -0.2) is 47.4 Å². The summed E-state index contributed by atoms with van der Waals surface area (Å²) in [6, 6.07) is 7.95. The molecule has 27 heavy (non-hydrogen) atoms. The molecule has 1 unspecified atom stereocenters. The molecule has 0 bridgehead atoms. The van der Waals surface area contributed by atoms with Crippen LogP contribution in [0.3, 0.4) is 0 Å². The van der Waals surface area contributed by atoms with Gasteiger partial charge in [-0.15, -0.1) is 36.2 Å². The SMILES string of the molecule is COc1cccc(-c2ncc(-c3nccn3CC3CNCCO3)s2)c1.Cl.Cl. The van der Waals surface area contributed by atoms with E-state index in [1.807, 2.05) is 42.9 Å². The lowest BCUT2D eigenvalue weighted by Gasteiger charge is -2.24. The minimum absolute atomic E-state index is 0. The fraction of sp³-hybridized carbons (Fsp3) is 0.333. The minimum atomic E-state index is 0. The van der Waals surface area contributed by atoms with Crippen LogP contribution in [0.25, 0.3) is 21.3 Å². The molecule has 1 aromatic carbocycles. The number of hydrogen-bond donors (Lipinski definition) is 1. The molecule has 1 aliphatic heterocycles. The zero-order valence-corrected chi connectivity index (χ0v) is 17.3. The van der Waals surface area contributed by atoms with Gasteiger partial charge in [0.2, 0.25) is 0 Å². The summed E-state index contributed by atoms with van der Waals surface area (Å²) in [6.45, 7) is 3.34. The number of imidazole rings is 1. The molecule has 0 radical (unpaired) electrons. The van der Waals surface area contributed by atoms with Gasteiger partial charge in [0.25, 0.3) is 0 Å². The minimum Gasteiger partial charge on any atom is -0.497 e. The van der Waals surface area contributed by atoms with Crippen LogP contribution in [0.15, 0.2) is 42.9 Å². The molecule has 1 saturated heterocycles. The molecular formula is C18H22Cl2N4O2S. The summed E-state index contributed by atoms with van der Waals surface area (Å²) in [5.41, 5.74) is 1.05. The largest absolute Gasteiger partial charge is 0.497 e. The first-order valence-corrected chi connectivity index (χ1v) is 9.09. The van der Waals surface area contributed by atoms with Crippen LogP contribution < -0.4 is 10.1 Å². The van der Waals surface area contributed by atoms with Crippen LogP contribution in [0.1, 0.15) is 0 Å². The first-order chi connectivity index (χ1) is 12.3. The highest BCUT2D eigenvalue weighted by molar-refractivity contribution is 7.18. The van der Waals surface area contributed by atoms with Crippen LogP contribution >= 0.6 is 36.2 Å². The summed E-state index contributed by atoms with van der Waals surface area (Å²) in [7, 11) is 1.67. The number of ether oxygens (including phenoxy) is 2. The van der Waals surface area contributed by atoms with Crippen molar-refractivity contribution in [3.05, 3.63) is 42.9 Å². The summed E-state index contributed by atoms with van der Waals surface area (Å²) < 4.78 is 13.2. The van der Waals surface area contributed by atoms with Crippen molar-refractivity contribution in [1.82, 2.24) is 19.9 Å². The number of benzene rings is 1. The second-order valence-electron chi connectivity index (χ2n) is 5.86. The number of methoxy groups -OCH3 is 1. The standard InChI is InChI=1S/C18H20N4O2S.2ClH/c1-23-14-4-2-3-13(9-14)18-21-11-16(25-18)17-20-5-7-22(17)12-15-10-19-6-8-24-15;;/h2-5,7,9,11,15,19H,6,8,10,12H2,1H3;2*1H. The van der Waals surface area contributed by atoms with E-state index in [-0.39, 0.29) is 30.9 Å². The van der Waals surface area contributed by atoms with Crippen LogP contribution in [0.5, 0.6) is 5.75 Å². The number of rotatable bonds is 5. The van der Waals surface area contributed by atoms with E-state index in [0.717, 1.165) is 53.3 Å². The molecule has 2 aromatic heterocycles. The van der Waals surface area contributed by atoms with E-state index >= 15 is 0 Å². The second kappa shape index (κ2) is 10.1. The number of nitrogens with one attached hydrogen (secondary N) is 1. The van der Waals surface area contributed by atoms with Gasteiger partial charge in [-0.3, -0.25) is 0 Å². The van der Waals surface area contributed by atoms with E-state index in [1.54, 1.807) is 18.4 Å². The van der Waals surface area contributed by atoms with Crippen molar-refractivity contribution < 1.29 is 9.47 Å². The zero-order chi connectivity index (χ0) is 17.1. The van der Waals surface area contributed by atoms with Crippen molar-refractivity contribution >= 4 is 36.2 Å². The van der Waals surface area contributed by atoms with Gasteiger partial charge in [-0.2, -0.15) is 0 Å². The fourth-order valence-electron chi connectivity index (χ4n) is 2.91. The van der Waals surface area contributed by atoms with Crippen molar-refractivity contribution in [2.24, 2.45) is 0 Å². The Bertz CT molecular complexity index is 849. The number of aromatic nitrogens is 3. The van der Waals surface area contributed by atoms with E-state index in [9.17, 15) is 0 Å². The topological polar surface area (TPSA) is 61.2 Å². The molecule has 0 aliphatic carbocycles. The lowest BCUT2D eigenvalue weighted by Crippen LogP contribution is -2.40. The van der Waals surface area contributed by atoms with Crippen LogP contribution in [0.2, 0.25) is 0 Å². The average molecular weight is 429 g/mol. The van der Waals surface area contributed by atoms with Crippen molar-refractivity contribution in [3.63, 3.8) is 0 Å². The van der Waals surface area contributed by atoms with Crippen LogP contribution in [0, 0.1) is 0 Å². The van der Waals surface area contributed by atoms with Gasteiger partial charge < -0.3 is 19.4 Å². The molecule has 3 heterocycles. The number of halogens is 2. The fourth-order valence-corrected chi connectivity index (χ4v) is 3.83. The molecule has 3 aromatic rings. The van der Waals surface area contributed by atoms with Gasteiger partial charge in [0, 0.05) is 37.2 Å². The van der Waals surface area contributed by atoms with Crippen LogP contribution in [-0.2, 0) is 11.3 Å². The molecule has 0 spiro atoms. The highest BCUT2D eigenvalue weighted by Crippen LogP contribution is 2.32. The molecule has 0 saturated carbocycles. The summed E-state index contributed by atoms with van der Waals surface area (Å²) >= 11 is 1.63. The van der Waals surface area contributed by atoms with Crippen molar-refractivity contribution in [2.45, 2.75) is 12.6 Å². The number of nitrogens with zero attached hydrogens (tertiary/aromatic N) is 3. The third-order valence-corrected chi connectivity index (χ3v) is 5.21. The maximum Gasteiger partial charge on any atom is 0.151 e. The Morgan fingerprint density at radius 2 is 2.22 bits per heavy atom. The van der Waals surface area contributed by atoms with Gasteiger partial charge in [-0.25, -0.2) is 9.97 Å². The molecule has 4 rings (SSSR count). The Balaban J connectivity index is 0.00000131. The van der Waals surface area contributed by atoms with E-state index in [0.29, 0.717) is 0 Å². The van der Waals surface area contributed by atoms with E-state index < -0.39 is 0 Å². The van der Waals surface area contributed by atoms with Gasteiger partial charge in [-0.05, 0) is 12.1 Å². The Kier molecular flexibility index (Phi) is 8.07. The molecular weight excluding hydrogens is 407 g/mol. The normalized spacial score (nSPS) is 16.3. The summed E-state index contributed by atoms with van der Waals surface area (Å²) in [4.78, 5) is 10.1. The summed E-state index contributed by atoms with van der Waals surface area (Å²) in [5, 5.41) is 4.32. The maximum atomic E-state index is 5.80. The Morgan fingerprint density at radius 1 is 1.33 bits per heavy atom. The summed E-state index contributed by atoms with van der Waals surface area (Å²) in [6.07, 6.45) is 5.89. The highest BCUT2D eigenvalue weighted by Gasteiger charge is 2.17. The van der Waals surface area contributed by atoms with Crippen molar-refractivity contribution in [3.8, 4) is 27.0 Å². The molecule has 9 heteroatoms. The number of thiazole rings is 1. The zero-order valence-electron chi connectivity index (χ0n) is 14.8. The predicted molar refractivity (Wildman–Crippen MR) is 112 cm³/mol. The molecule has 1 fully saturated rings. The van der Waals surface area contributed by atoms with E-state index in [4.69, 9.17) is 9.47 Å². The Morgan fingerprint density at radius 3 is 3.00 bits per heavy atom. The number of hydrogen-bond acceptors (Lipinski definition) is 6. The quantitative estimate of drug-likeness (QED) is 0.673. The predicted octanol–water partition coefficient (Wildman–Crippen LogP) is 3.51. The lowest BCUT2D eigenvalue weighted by atomic mass is 10.2. The van der Waals surface area contributed by atoms with Crippen LogP contribution in [0.4, 0.5) is 0 Å². The first kappa shape index (κ1) is 21.7. The van der Waals surface area contributed by atoms with Gasteiger partial charge in [0.15, 0.2) is 5.82 Å². The van der Waals surface area contributed by atoms with Gasteiger partial charge >= 0.3 is 0 Å². The molecule has 1 aliphatic rings. The second-order valence-corrected chi connectivity index (χ2v) is 6.89. The first-order valence-electron chi connectivity index (χ1n) is 8.27. The summed E-state index contributed by atoms with van der Waals surface area (Å²) in [5.74, 6) is 1.76. The molecule has 6 nitrogen and oxygen atoms in total. The van der Waals surface area contributed by atoms with E-state index in [2.05, 4.69) is 19.9 Å². The van der Waals surface area contributed by atoms with E-state index in [1.165, 1.54) is 0 Å². The third kappa shape index (κ3) is 5.00. The molecule has 1 N–H and O–H groups in total. The molecule has 0 amide bonds. The molecule has 1 atom stereocenters. The monoisotopic (exact) mass is 428 g/mol. The van der Waals surface area contributed by atoms with Gasteiger partial charge in [0.05, 0.1) is 31.2 Å². The number of morpholine rings is 1. The van der Waals surface area contributed by atoms with Crippen molar-refractivity contribution in [1.29, 1.82) is 0 Å². The molecule has 146 valence electrons. The Hall–Kier alpha value is -1.64. The van der Waals surface area contributed by atoms with Crippen molar-refractivity contribution in [2.75, 3.05) is 26.8 Å².